The van der Waals surface area contributed by atoms with Crippen molar-refractivity contribution in [2.45, 2.75) is 6.18 Å². The fourth-order valence-electron chi connectivity index (χ4n) is 0.904. The summed E-state index contributed by atoms with van der Waals surface area (Å²) < 4.78 is 41.4. The molecule has 0 N–H and O–H groups in total. The molecular formula is C9H5ClF3NO. The zero-order valence-electron chi connectivity index (χ0n) is 7.31. The Bertz CT molecular complexity index is 397. The molecule has 1 aromatic rings. The molecule has 80 valence electrons. The van der Waals surface area contributed by atoms with E-state index in [2.05, 4.69) is 0 Å². The quantitative estimate of drug-likeness (QED) is 0.788. The van der Waals surface area contributed by atoms with Crippen LogP contribution >= 0.6 is 11.6 Å². The molecule has 0 saturated heterocycles. The molecule has 0 spiro atoms. The van der Waals surface area contributed by atoms with Crippen molar-refractivity contribution in [1.29, 1.82) is 5.26 Å². The minimum absolute atomic E-state index is 0.0613. The van der Waals surface area contributed by atoms with E-state index >= 15 is 0 Å². The van der Waals surface area contributed by atoms with Gasteiger partial charge in [0.25, 0.3) is 0 Å². The van der Waals surface area contributed by atoms with E-state index in [9.17, 15) is 13.2 Å². The van der Waals surface area contributed by atoms with Crippen molar-refractivity contribution in [3.8, 4) is 11.8 Å². The second-order valence-electron chi connectivity index (χ2n) is 2.59. The summed E-state index contributed by atoms with van der Waals surface area (Å²) in [6.07, 6.45) is -4.43. The van der Waals surface area contributed by atoms with E-state index in [1.807, 2.05) is 0 Å². The van der Waals surface area contributed by atoms with E-state index in [4.69, 9.17) is 21.6 Å². The molecule has 0 heterocycles. The highest BCUT2D eigenvalue weighted by Gasteiger charge is 2.30. The monoisotopic (exact) mass is 235 g/mol. The number of alkyl halides is 3. The fraction of sp³-hybridized carbons (Fsp3) is 0.222. The first-order chi connectivity index (χ1) is 6.95. The van der Waals surface area contributed by atoms with Crippen molar-refractivity contribution in [2.24, 2.45) is 0 Å². The number of benzene rings is 1. The highest BCUT2D eigenvalue weighted by Crippen LogP contribution is 2.34. The van der Waals surface area contributed by atoms with Crippen LogP contribution in [0.2, 0.25) is 5.02 Å². The van der Waals surface area contributed by atoms with Crippen LogP contribution in [0.4, 0.5) is 13.2 Å². The SMILES string of the molecule is N#CCOc1ccc(C(F)(F)F)cc1Cl. The van der Waals surface area contributed by atoms with Crippen molar-refractivity contribution < 1.29 is 17.9 Å². The third-order valence-corrected chi connectivity index (χ3v) is 1.85. The molecular weight excluding hydrogens is 231 g/mol. The van der Waals surface area contributed by atoms with Gasteiger partial charge in [0.2, 0.25) is 0 Å². The van der Waals surface area contributed by atoms with Gasteiger partial charge in [-0.1, -0.05) is 11.6 Å². The lowest BCUT2D eigenvalue weighted by Crippen LogP contribution is -2.05. The number of ether oxygens (including phenoxy) is 1. The number of nitriles is 1. The van der Waals surface area contributed by atoms with Gasteiger partial charge in [-0.25, -0.2) is 0 Å². The molecule has 2 nitrogen and oxygen atoms in total. The van der Waals surface area contributed by atoms with E-state index in [1.165, 1.54) is 0 Å². The zero-order valence-corrected chi connectivity index (χ0v) is 8.06. The Morgan fingerprint density at radius 3 is 2.53 bits per heavy atom. The van der Waals surface area contributed by atoms with Crippen LogP contribution in [0, 0.1) is 11.3 Å². The fourth-order valence-corrected chi connectivity index (χ4v) is 1.14. The van der Waals surface area contributed by atoms with E-state index in [1.54, 1.807) is 6.07 Å². The molecule has 0 atom stereocenters. The molecule has 0 fully saturated rings. The average molecular weight is 236 g/mol. The molecule has 1 rings (SSSR count). The minimum Gasteiger partial charge on any atom is -0.477 e. The van der Waals surface area contributed by atoms with Gasteiger partial charge in [0, 0.05) is 0 Å². The highest BCUT2D eigenvalue weighted by molar-refractivity contribution is 6.32. The van der Waals surface area contributed by atoms with E-state index < -0.39 is 11.7 Å². The molecule has 6 heteroatoms. The molecule has 15 heavy (non-hydrogen) atoms. The Balaban J connectivity index is 2.94. The Morgan fingerprint density at radius 1 is 1.40 bits per heavy atom. The van der Waals surface area contributed by atoms with Crippen LogP contribution < -0.4 is 4.74 Å². The van der Waals surface area contributed by atoms with Crippen LogP contribution in [0.5, 0.6) is 5.75 Å². The second kappa shape index (κ2) is 4.41. The van der Waals surface area contributed by atoms with Crippen LogP contribution in [0.3, 0.4) is 0 Å². The predicted molar refractivity (Wildman–Crippen MR) is 47.6 cm³/mol. The van der Waals surface area contributed by atoms with Gasteiger partial charge in [-0.3, -0.25) is 0 Å². The van der Waals surface area contributed by atoms with Gasteiger partial charge in [-0.2, -0.15) is 18.4 Å². The first-order valence-electron chi connectivity index (χ1n) is 3.81. The van der Waals surface area contributed by atoms with Gasteiger partial charge in [0.05, 0.1) is 10.6 Å². The first kappa shape index (κ1) is 11.7. The van der Waals surface area contributed by atoms with Gasteiger partial charge in [-0.15, -0.1) is 0 Å². The topological polar surface area (TPSA) is 33.0 Å². The molecule has 1 aromatic carbocycles. The third-order valence-electron chi connectivity index (χ3n) is 1.55. The first-order valence-corrected chi connectivity index (χ1v) is 4.19. The number of hydrogen-bond donors (Lipinski definition) is 0. The number of nitrogens with zero attached hydrogens (tertiary/aromatic N) is 1. The van der Waals surface area contributed by atoms with Gasteiger partial charge in [-0.05, 0) is 18.2 Å². The predicted octanol–water partition coefficient (Wildman–Crippen LogP) is 3.26. The molecule has 0 bridgehead atoms. The van der Waals surface area contributed by atoms with Crippen molar-refractivity contribution in [1.82, 2.24) is 0 Å². The normalized spacial score (nSPS) is 10.9. The molecule has 0 unspecified atom stereocenters. The van der Waals surface area contributed by atoms with Crippen molar-refractivity contribution >= 4 is 11.6 Å². The third kappa shape index (κ3) is 3.03. The summed E-state index contributed by atoms with van der Waals surface area (Å²) in [6.45, 7) is -0.259. The van der Waals surface area contributed by atoms with Crippen LogP contribution in [-0.2, 0) is 6.18 Å². The molecule has 0 aliphatic heterocycles. The lowest BCUT2D eigenvalue weighted by molar-refractivity contribution is -0.137. The van der Waals surface area contributed by atoms with Crippen molar-refractivity contribution in [3.05, 3.63) is 28.8 Å². The average Bonchev–Trinajstić information content (AvgIpc) is 2.14. The Hall–Kier alpha value is -1.41. The lowest BCUT2D eigenvalue weighted by Gasteiger charge is -2.09. The zero-order chi connectivity index (χ0) is 11.5. The molecule has 0 amide bonds. The van der Waals surface area contributed by atoms with E-state index in [-0.39, 0.29) is 17.4 Å². The van der Waals surface area contributed by atoms with Crippen LogP contribution in [0.15, 0.2) is 18.2 Å². The Kier molecular flexibility index (Phi) is 3.43. The summed E-state index contributed by atoms with van der Waals surface area (Å²) in [5.74, 6) is 0.0613. The van der Waals surface area contributed by atoms with Crippen LogP contribution in [-0.4, -0.2) is 6.61 Å². The summed E-state index contributed by atoms with van der Waals surface area (Å²) in [5.41, 5.74) is -0.850. The van der Waals surface area contributed by atoms with Crippen molar-refractivity contribution in [3.63, 3.8) is 0 Å². The van der Waals surface area contributed by atoms with Gasteiger partial charge < -0.3 is 4.74 Å². The minimum atomic E-state index is -4.43. The summed E-state index contributed by atoms with van der Waals surface area (Å²) in [6, 6.07) is 4.37. The number of rotatable bonds is 2. The molecule has 0 radical (unpaired) electrons. The van der Waals surface area contributed by atoms with Crippen LogP contribution in [0.1, 0.15) is 5.56 Å². The summed E-state index contributed by atoms with van der Waals surface area (Å²) in [7, 11) is 0. The van der Waals surface area contributed by atoms with E-state index in [0.717, 1.165) is 18.2 Å². The van der Waals surface area contributed by atoms with Crippen molar-refractivity contribution in [2.75, 3.05) is 6.61 Å². The summed E-state index contributed by atoms with van der Waals surface area (Å²) in [5, 5.41) is 8.04. The largest absolute Gasteiger partial charge is 0.477 e. The maximum absolute atomic E-state index is 12.2. The Labute approximate surface area is 88.8 Å². The summed E-state index contributed by atoms with van der Waals surface area (Å²) >= 11 is 5.54. The molecule has 0 aliphatic rings. The Morgan fingerprint density at radius 2 is 2.07 bits per heavy atom. The van der Waals surface area contributed by atoms with Crippen LogP contribution in [0.25, 0.3) is 0 Å². The number of halogens is 4. The molecule has 0 aromatic heterocycles. The van der Waals surface area contributed by atoms with Gasteiger partial charge in [0.1, 0.15) is 11.8 Å². The second-order valence-corrected chi connectivity index (χ2v) is 3.00. The molecule has 0 aliphatic carbocycles. The smallest absolute Gasteiger partial charge is 0.416 e. The lowest BCUT2D eigenvalue weighted by atomic mass is 10.2. The maximum atomic E-state index is 12.2. The number of hydrogen-bond acceptors (Lipinski definition) is 2. The van der Waals surface area contributed by atoms with E-state index in [0.29, 0.717) is 0 Å². The summed E-state index contributed by atoms with van der Waals surface area (Å²) in [4.78, 5) is 0. The van der Waals surface area contributed by atoms with Gasteiger partial charge in [0.15, 0.2) is 6.61 Å². The van der Waals surface area contributed by atoms with Gasteiger partial charge >= 0.3 is 6.18 Å². The highest BCUT2D eigenvalue weighted by atomic mass is 35.5. The molecule has 0 saturated carbocycles. The standard InChI is InChI=1S/C9H5ClF3NO/c10-7-5-6(9(11,12)13)1-2-8(7)15-4-3-14/h1-2,5H,4H2. The maximum Gasteiger partial charge on any atom is 0.416 e.